The van der Waals surface area contributed by atoms with Crippen LogP contribution in [-0.4, -0.2) is 23.5 Å². The zero-order chi connectivity index (χ0) is 12.9. The molecule has 0 aliphatic carbocycles. The number of nitrogens with two attached hydrogens (primary N) is 1. The van der Waals surface area contributed by atoms with Crippen molar-refractivity contribution in [1.29, 1.82) is 0 Å². The van der Waals surface area contributed by atoms with E-state index >= 15 is 0 Å². The zero-order valence-corrected chi connectivity index (χ0v) is 9.85. The molecule has 3 rings (SSSR count). The minimum atomic E-state index is -1.04. The molecule has 0 bridgehead atoms. The molecule has 5 heteroatoms. The summed E-state index contributed by atoms with van der Waals surface area (Å²) in [6.45, 7) is 0.767. The fraction of sp³-hybridized carbons (Fsp3) is 0.385. The van der Waals surface area contributed by atoms with E-state index in [-0.39, 0.29) is 5.91 Å². The Balaban J connectivity index is 2.11. The smallest absolute Gasteiger partial charge is 0.325 e. The predicted molar refractivity (Wildman–Crippen MR) is 65.4 cm³/mol. The van der Waals surface area contributed by atoms with Gasteiger partial charge < -0.3 is 15.7 Å². The first-order valence-electron chi connectivity index (χ1n) is 6.02. The highest BCUT2D eigenvalue weighted by Crippen LogP contribution is 2.38. The van der Waals surface area contributed by atoms with Crippen molar-refractivity contribution in [3.05, 3.63) is 28.8 Å². The Morgan fingerprint density at radius 1 is 1.39 bits per heavy atom. The molecule has 2 aliphatic rings. The molecule has 1 aromatic carbocycles. The van der Waals surface area contributed by atoms with Gasteiger partial charge in [0.05, 0.1) is 12.1 Å². The first kappa shape index (κ1) is 11.2. The van der Waals surface area contributed by atoms with Crippen molar-refractivity contribution in [2.24, 2.45) is 5.73 Å². The fourth-order valence-electron chi connectivity index (χ4n) is 2.83. The molecule has 0 saturated carbocycles. The van der Waals surface area contributed by atoms with Gasteiger partial charge in [0, 0.05) is 6.54 Å². The van der Waals surface area contributed by atoms with Crippen molar-refractivity contribution < 1.29 is 14.7 Å². The number of carboxylic acids is 1. The Hall–Kier alpha value is -1.88. The van der Waals surface area contributed by atoms with Crippen molar-refractivity contribution in [2.45, 2.75) is 25.3 Å². The van der Waals surface area contributed by atoms with Gasteiger partial charge in [-0.3, -0.25) is 9.59 Å². The molecule has 0 aromatic heterocycles. The van der Waals surface area contributed by atoms with E-state index in [9.17, 15) is 9.59 Å². The summed E-state index contributed by atoms with van der Waals surface area (Å²) in [6.07, 6.45) is 2.17. The van der Waals surface area contributed by atoms with Crippen LogP contribution in [0, 0.1) is 0 Å². The molecule has 0 spiro atoms. The van der Waals surface area contributed by atoms with Crippen LogP contribution < -0.4 is 10.6 Å². The maximum atomic E-state index is 11.8. The van der Waals surface area contributed by atoms with Gasteiger partial charge in [0.15, 0.2) is 0 Å². The topological polar surface area (TPSA) is 83.6 Å². The van der Waals surface area contributed by atoms with Gasteiger partial charge in [0.25, 0.3) is 0 Å². The molecule has 1 unspecified atom stereocenters. The maximum absolute atomic E-state index is 11.8. The van der Waals surface area contributed by atoms with Gasteiger partial charge in [-0.05, 0) is 29.5 Å². The number of carboxylic acid groups (broad SMARTS) is 1. The van der Waals surface area contributed by atoms with E-state index in [1.807, 2.05) is 11.0 Å². The first-order valence-corrected chi connectivity index (χ1v) is 6.02. The second-order valence-electron chi connectivity index (χ2n) is 4.83. The molecule has 2 heterocycles. The molecule has 2 aliphatic heterocycles. The number of aryl methyl sites for hydroxylation is 1. The number of aliphatic carboxylic acids is 1. The van der Waals surface area contributed by atoms with Gasteiger partial charge in [-0.15, -0.1) is 0 Å². The van der Waals surface area contributed by atoms with Crippen LogP contribution in [0.1, 0.15) is 29.2 Å². The van der Waals surface area contributed by atoms with Crippen LogP contribution in [0.15, 0.2) is 12.1 Å². The average molecular weight is 246 g/mol. The van der Waals surface area contributed by atoms with Crippen LogP contribution in [0.4, 0.5) is 5.69 Å². The van der Waals surface area contributed by atoms with E-state index in [1.54, 1.807) is 6.07 Å². The zero-order valence-electron chi connectivity index (χ0n) is 9.85. The minimum Gasteiger partial charge on any atom is -0.480 e. The van der Waals surface area contributed by atoms with Crippen molar-refractivity contribution in [2.75, 3.05) is 11.4 Å². The molecule has 5 nitrogen and oxygen atoms in total. The summed E-state index contributed by atoms with van der Waals surface area (Å²) in [5.74, 6) is -0.939. The number of carbonyl (C=O) groups is 2. The highest BCUT2D eigenvalue weighted by atomic mass is 16.4. The summed E-state index contributed by atoms with van der Waals surface area (Å²) in [7, 11) is 0. The highest BCUT2D eigenvalue weighted by molar-refractivity contribution is 6.03. The lowest BCUT2D eigenvalue weighted by Gasteiger charge is -2.26. The van der Waals surface area contributed by atoms with Gasteiger partial charge in [-0.2, -0.15) is 0 Å². The molecular weight excluding hydrogens is 232 g/mol. The third-order valence-corrected chi connectivity index (χ3v) is 3.66. The second kappa shape index (κ2) is 3.81. The van der Waals surface area contributed by atoms with E-state index in [0.717, 1.165) is 36.2 Å². The molecule has 1 aromatic rings. The average Bonchev–Trinajstić information content (AvgIpc) is 2.67. The highest BCUT2D eigenvalue weighted by Gasteiger charge is 2.33. The molecule has 1 atom stereocenters. The van der Waals surface area contributed by atoms with Crippen molar-refractivity contribution in [3.8, 4) is 0 Å². The summed E-state index contributed by atoms with van der Waals surface area (Å²) in [4.78, 5) is 24.6. The molecule has 3 N–H and O–H groups in total. The Morgan fingerprint density at radius 2 is 2.11 bits per heavy atom. The minimum absolute atomic E-state index is 0.104. The lowest BCUT2D eigenvalue weighted by molar-refractivity contribution is -0.138. The van der Waals surface area contributed by atoms with Crippen molar-refractivity contribution >= 4 is 17.6 Å². The van der Waals surface area contributed by atoms with Gasteiger partial charge >= 0.3 is 5.97 Å². The molecule has 0 radical (unpaired) electrons. The second-order valence-corrected chi connectivity index (χ2v) is 4.83. The molecule has 1 amide bonds. The maximum Gasteiger partial charge on any atom is 0.325 e. The normalized spacial score (nSPS) is 18.7. The third-order valence-electron chi connectivity index (χ3n) is 3.66. The standard InChI is InChI=1S/C13H14N2O3/c14-11(13(17)18)8-4-7-2-1-3-15-10(16)6-9(5-8)12(7)15/h4-5,11H,1-3,6,14H2,(H,17,18). The van der Waals surface area contributed by atoms with Crippen LogP contribution in [-0.2, 0) is 22.4 Å². The van der Waals surface area contributed by atoms with Crippen LogP contribution in [0.25, 0.3) is 0 Å². The van der Waals surface area contributed by atoms with Crippen molar-refractivity contribution in [3.63, 3.8) is 0 Å². The number of nitrogens with zero attached hydrogens (tertiary/aromatic N) is 1. The SMILES string of the molecule is NC(C(=O)O)c1cc2c3c(c1)CC(=O)N3CCC2. The van der Waals surface area contributed by atoms with Crippen LogP contribution >= 0.6 is 0 Å². The lowest BCUT2D eigenvalue weighted by Crippen LogP contribution is -2.31. The number of anilines is 1. The van der Waals surface area contributed by atoms with Crippen LogP contribution in [0.2, 0.25) is 0 Å². The number of rotatable bonds is 2. The van der Waals surface area contributed by atoms with E-state index in [1.165, 1.54) is 0 Å². The fourth-order valence-corrected chi connectivity index (χ4v) is 2.83. The Morgan fingerprint density at radius 3 is 2.83 bits per heavy atom. The van der Waals surface area contributed by atoms with Crippen LogP contribution in [0.3, 0.4) is 0 Å². The quantitative estimate of drug-likeness (QED) is 0.800. The summed E-state index contributed by atoms with van der Waals surface area (Å²) in [5.41, 5.74) is 9.20. The molecule has 18 heavy (non-hydrogen) atoms. The monoisotopic (exact) mass is 246 g/mol. The van der Waals surface area contributed by atoms with E-state index in [4.69, 9.17) is 10.8 Å². The van der Waals surface area contributed by atoms with Crippen molar-refractivity contribution in [1.82, 2.24) is 0 Å². The van der Waals surface area contributed by atoms with E-state index < -0.39 is 12.0 Å². The summed E-state index contributed by atoms with van der Waals surface area (Å²) >= 11 is 0. The first-order chi connectivity index (χ1) is 8.58. The molecule has 0 fully saturated rings. The number of carbonyl (C=O) groups excluding carboxylic acids is 1. The van der Waals surface area contributed by atoms with Gasteiger partial charge in [0.2, 0.25) is 5.91 Å². The largest absolute Gasteiger partial charge is 0.480 e. The van der Waals surface area contributed by atoms with Gasteiger partial charge in [-0.1, -0.05) is 12.1 Å². The predicted octanol–water partition coefficient (Wildman–Crippen LogP) is 0.606. The number of amides is 1. The third kappa shape index (κ3) is 1.51. The molecular formula is C13H14N2O3. The Kier molecular flexibility index (Phi) is 2.38. The van der Waals surface area contributed by atoms with Gasteiger partial charge in [0.1, 0.15) is 6.04 Å². The number of hydrogen-bond acceptors (Lipinski definition) is 3. The Bertz CT molecular complexity index is 553. The lowest BCUT2D eigenvalue weighted by atomic mass is 9.94. The van der Waals surface area contributed by atoms with E-state index in [0.29, 0.717) is 12.0 Å². The summed E-state index contributed by atoms with van der Waals surface area (Å²) in [5, 5.41) is 8.96. The molecule has 0 saturated heterocycles. The summed E-state index contributed by atoms with van der Waals surface area (Å²) < 4.78 is 0. The Labute approximate surface area is 104 Å². The van der Waals surface area contributed by atoms with Gasteiger partial charge in [-0.25, -0.2) is 0 Å². The van der Waals surface area contributed by atoms with E-state index in [2.05, 4.69) is 0 Å². The number of benzene rings is 1. The number of hydrogen-bond donors (Lipinski definition) is 2. The molecule has 94 valence electrons. The van der Waals surface area contributed by atoms with Crippen LogP contribution in [0.5, 0.6) is 0 Å². The summed E-state index contributed by atoms with van der Waals surface area (Å²) in [6, 6.07) is 2.58.